The van der Waals surface area contributed by atoms with Gasteiger partial charge in [-0.1, -0.05) is 6.92 Å². The summed E-state index contributed by atoms with van der Waals surface area (Å²) in [6.07, 6.45) is 5.00. The fourth-order valence-corrected chi connectivity index (χ4v) is 2.61. The molecule has 1 unspecified atom stereocenters. The van der Waals surface area contributed by atoms with Gasteiger partial charge in [-0.2, -0.15) is 0 Å². The van der Waals surface area contributed by atoms with Gasteiger partial charge in [-0.05, 0) is 51.6 Å². The lowest BCUT2D eigenvalue weighted by atomic mass is 9.99. The molecule has 0 aromatic heterocycles. The zero-order valence-electron chi connectivity index (χ0n) is 12.6. The summed E-state index contributed by atoms with van der Waals surface area (Å²) < 4.78 is 5.29. The maximum atomic E-state index is 12.2. The molecule has 1 rings (SSSR count). The molecule has 0 bridgehead atoms. The Bertz CT molecular complexity index is 240. The molecule has 0 aromatic carbocycles. The van der Waals surface area contributed by atoms with Gasteiger partial charge in [0.15, 0.2) is 0 Å². The summed E-state index contributed by atoms with van der Waals surface area (Å²) in [5, 5.41) is 3.42. The third-order valence-electron chi connectivity index (χ3n) is 3.61. The molecule has 112 valence electrons. The Morgan fingerprint density at radius 3 is 2.89 bits per heavy atom. The number of rotatable bonds is 9. The van der Waals surface area contributed by atoms with E-state index in [-0.39, 0.29) is 0 Å². The molecule has 1 aliphatic rings. The summed E-state index contributed by atoms with van der Waals surface area (Å²) in [4.78, 5) is 14.3. The number of hydrogen-bond acceptors (Lipinski definition) is 3. The second-order valence-electron chi connectivity index (χ2n) is 5.35. The maximum Gasteiger partial charge on any atom is 0.222 e. The topological polar surface area (TPSA) is 41.6 Å². The van der Waals surface area contributed by atoms with E-state index in [1.165, 1.54) is 12.8 Å². The van der Waals surface area contributed by atoms with E-state index in [0.29, 0.717) is 24.9 Å². The van der Waals surface area contributed by atoms with Crippen LogP contribution < -0.4 is 5.32 Å². The van der Waals surface area contributed by atoms with Gasteiger partial charge in [0.1, 0.15) is 0 Å². The molecule has 4 heteroatoms. The van der Waals surface area contributed by atoms with Crippen LogP contribution in [-0.2, 0) is 9.53 Å². The predicted molar refractivity (Wildman–Crippen MR) is 78.2 cm³/mol. The Morgan fingerprint density at radius 1 is 1.42 bits per heavy atom. The summed E-state index contributed by atoms with van der Waals surface area (Å²) in [6, 6.07) is 0. The van der Waals surface area contributed by atoms with E-state index in [1.807, 2.05) is 6.92 Å². The zero-order chi connectivity index (χ0) is 13.9. The number of amides is 1. The van der Waals surface area contributed by atoms with Crippen molar-refractivity contribution in [2.24, 2.45) is 5.92 Å². The third-order valence-corrected chi connectivity index (χ3v) is 3.61. The van der Waals surface area contributed by atoms with Gasteiger partial charge in [-0.15, -0.1) is 0 Å². The molecule has 19 heavy (non-hydrogen) atoms. The van der Waals surface area contributed by atoms with Gasteiger partial charge in [0.2, 0.25) is 5.91 Å². The van der Waals surface area contributed by atoms with Crippen molar-refractivity contribution >= 4 is 5.91 Å². The zero-order valence-corrected chi connectivity index (χ0v) is 12.6. The Kier molecular flexibility index (Phi) is 8.84. The SMILES string of the molecule is CCCN(CC1CCCNC1)C(=O)CCCOCC. The van der Waals surface area contributed by atoms with E-state index < -0.39 is 0 Å². The van der Waals surface area contributed by atoms with Crippen LogP contribution in [0.25, 0.3) is 0 Å². The second kappa shape index (κ2) is 10.2. The highest BCUT2D eigenvalue weighted by molar-refractivity contribution is 5.76. The van der Waals surface area contributed by atoms with Crippen LogP contribution in [0.1, 0.15) is 46.0 Å². The number of carbonyl (C=O) groups is 1. The first kappa shape index (κ1) is 16.4. The van der Waals surface area contributed by atoms with Crippen LogP contribution in [-0.4, -0.2) is 50.2 Å². The summed E-state index contributed by atoms with van der Waals surface area (Å²) in [6.45, 7) is 9.58. The Balaban J connectivity index is 2.30. The quantitative estimate of drug-likeness (QED) is 0.652. The van der Waals surface area contributed by atoms with Crippen LogP contribution in [0, 0.1) is 5.92 Å². The highest BCUT2D eigenvalue weighted by Crippen LogP contribution is 2.13. The Morgan fingerprint density at radius 2 is 2.26 bits per heavy atom. The van der Waals surface area contributed by atoms with E-state index in [9.17, 15) is 4.79 Å². The fraction of sp³-hybridized carbons (Fsp3) is 0.933. The summed E-state index contributed by atoms with van der Waals surface area (Å²) >= 11 is 0. The van der Waals surface area contributed by atoms with Crippen molar-refractivity contribution in [3.05, 3.63) is 0 Å². The lowest BCUT2D eigenvalue weighted by molar-refractivity contribution is -0.132. The van der Waals surface area contributed by atoms with Gasteiger partial charge in [0, 0.05) is 32.7 Å². The van der Waals surface area contributed by atoms with Gasteiger partial charge < -0.3 is 15.0 Å². The summed E-state index contributed by atoms with van der Waals surface area (Å²) in [7, 11) is 0. The molecule has 1 amide bonds. The van der Waals surface area contributed by atoms with Crippen LogP contribution >= 0.6 is 0 Å². The van der Waals surface area contributed by atoms with Crippen LogP contribution in [0.4, 0.5) is 0 Å². The molecule has 0 radical (unpaired) electrons. The minimum absolute atomic E-state index is 0.298. The van der Waals surface area contributed by atoms with Crippen molar-refractivity contribution in [2.75, 3.05) is 39.4 Å². The second-order valence-corrected chi connectivity index (χ2v) is 5.35. The number of hydrogen-bond donors (Lipinski definition) is 1. The standard InChI is InChI=1S/C15H30N2O2/c1-3-10-17(13-14-7-5-9-16-12-14)15(18)8-6-11-19-4-2/h14,16H,3-13H2,1-2H3. The lowest BCUT2D eigenvalue weighted by Gasteiger charge is -2.30. The molecule has 1 N–H and O–H groups in total. The van der Waals surface area contributed by atoms with E-state index in [0.717, 1.165) is 45.6 Å². The molecular formula is C15H30N2O2. The molecule has 1 fully saturated rings. The third kappa shape index (κ3) is 6.92. The van der Waals surface area contributed by atoms with Crippen molar-refractivity contribution in [3.63, 3.8) is 0 Å². The van der Waals surface area contributed by atoms with Gasteiger partial charge in [0.05, 0.1) is 0 Å². The fourth-order valence-electron chi connectivity index (χ4n) is 2.61. The van der Waals surface area contributed by atoms with Gasteiger partial charge in [-0.25, -0.2) is 0 Å². The number of piperidine rings is 1. The molecule has 1 aliphatic heterocycles. The molecule has 0 aromatic rings. The number of nitrogens with zero attached hydrogens (tertiary/aromatic N) is 1. The van der Waals surface area contributed by atoms with Crippen molar-refractivity contribution in [1.82, 2.24) is 10.2 Å². The first-order valence-corrected chi connectivity index (χ1v) is 7.84. The maximum absolute atomic E-state index is 12.2. The summed E-state index contributed by atoms with van der Waals surface area (Å²) in [5.41, 5.74) is 0. The predicted octanol–water partition coefficient (Wildman–Crippen LogP) is 2.04. The summed E-state index contributed by atoms with van der Waals surface area (Å²) in [5.74, 6) is 0.934. The molecule has 1 atom stereocenters. The van der Waals surface area contributed by atoms with Gasteiger partial charge >= 0.3 is 0 Å². The van der Waals surface area contributed by atoms with Crippen molar-refractivity contribution < 1.29 is 9.53 Å². The molecule has 0 saturated carbocycles. The monoisotopic (exact) mass is 270 g/mol. The van der Waals surface area contributed by atoms with Crippen molar-refractivity contribution in [2.45, 2.75) is 46.0 Å². The normalized spacial score (nSPS) is 19.4. The molecule has 0 spiro atoms. The highest BCUT2D eigenvalue weighted by Gasteiger charge is 2.19. The van der Waals surface area contributed by atoms with Crippen LogP contribution in [0.3, 0.4) is 0 Å². The van der Waals surface area contributed by atoms with Gasteiger partial charge in [0.25, 0.3) is 0 Å². The molecule has 4 nitrogen and oxygen atoms in total. The lowest BCUT2D eigenvalue weighted by Crippen LogP contribution is -2.41. The average molecular weight is 270 g/mol. The minimum Gasteiger partial charge on any atom is -0.382 e. The van der Waals surface area contributed by atoms with E-state index in [2.05, 4.69) is 17.1 Å². The number of ether oxygens (including phenoxy) is 1. The molecule has 1 heterocycles. The Labute approximate surface area is 117 Å². The van der Waals surface area contributed by atoms with Gasteiger partial charge in [-0.3, -0.25) is 4.79 Å². The van der Waals surface area contributed by atoms with Crippen LogP contribution in [0.5, 0.6) is 0 Å². The van der Waals surface area contributed by atoms with Crippen LogP contribution in [0.2, 0.25) is 0 Å². The average Bonchev–Trinajstić information content (AvgIpc) is 2.44. The first-order chi connectivity index (χ1) is 9.27. The highest BCUT2D eigenvalue weighted by atomic mass is 16.5. The van der Waals surface area contributed by atoms with E-state index in [1.54, 1.807) is 0 Å². The Hall–Kier alpha value is -0.610. The largest absolute Gasteiger partial charge is 0.382 e. The molecular weight excluding hydrogens is 240 g/mol. The first-order valence-electron chi connectivity index (χ1n) is 7.84. The van der Waals surface area contributed by atoms with Crippen molar-refractivity contribution in [1.29, 1.82) is 0 Å². The number of nitrogens with one attached hydrogen (secondary N) is 1. The molecule has 0 aliphatic carbocycles. The van der Waals surface area contributed by atoms with E-state index >= 15 is 0 Å². The van der Waals surface area contributed by atoms with Crippen molar-refractivity contribution in [3.8, 4) is 0 Å². The van der Waals surface area contributed by atoms with Crippen LogP contribution in [0.15, 0.2) is 0 Å². The smallest absolute Gasteiger partial charge is 0.222 e. The molecule has 1 saturated heterocycles. The minimum atomic E-state index is 0.298. The van der Waals surface area contributed by atoms with E-state index in [4.69, 9.17) is 4.74 Å². The number of carbonyl (C=O) groups excluding carboxylic acids is 1.